The maximum absolute atomic E-state index is 11.7. The Morgan fingerprint density at radius 1 is 1.25 bits per heavy atom. The third-order valence-corrected chi connectivity index (χ3v) is 2.76. The molecule has 0 bridgehead atoms. The van der Waals surface area contributed by atoms with Crippen molar-refractivity contribution in [3.8, 4) is 0 Å². The molecule has 6 nitrogen and oxygen atoms in total. The number of aromatic nitrogens is 2. The molecule has 2 aromatic rings. The summed E-state index contributed by atoms with van der Waals surface area (Å²) in [6, 6.07) is 9.85. The minimum Gasteiger partial charge on any atom is -0.478 e. The standard InChI is InChI=1S/C14H15N3O3/c18-13(10-17-9-12(8-16-17)14(19)20)15-7-6-11-4-2-1-3-5-11/h1-5,8-9H,6-7,10H2,(H,15,18)(H,19,20). The van der Waals surface area contributed by atoms with Crippen molar-refractivity contribution in [3.63, 3.8) is 0 Å². The second kappa shape index (κ2) is 6.51. The molecule has 104 valence electrons. The molecule has 0 saturated carbocycles. The second-order valence-corrected chi connectivity index (χ2v) is 4.32. The van der Waals surface area contributed by atoms with Gasteiger partial charge in [-0.15, -0.1) is 0 Å². The van der Waals surface area contributed by atoms with Gasteiger partial charge in [0.15, 0.2) is 0 Å². The van der Waals surface area contributed by atoms with Crippen molar-refractivity contribution in [1.29, 1.82) is 0 Å². The molecule has 20 heavy (non-hydrogen) atoms. The van der Waals surface area contributed by atoms with E-state index in [9.17, 15) is 9.59 Å². The van der Waals surface area contributed by atoms with Crippen molar-refractivity contribution < 1.29 is 14.7 Å². The minimum absolute atomic E-state index is 0.0159. The molecule has 0 atom stereocenters. The van der Waals surface area contributed by atoms with Gasteiger partial charge in [0.2, 0.25) is 5.91 Å². The predicted octanol–water partition coefficient (Wildman–Crippen LogP) is 0.940. The predicted molar refractivity (Wildman–Crippen MR) is 72.3 cm³/mol. The van der Waals surface area contributed by atoms with Crippen LogP contribution in [0.5, 0.6) is 0 Å². The van der Waals surface area contributed by atoms with Crippen molar-refractivity contribution >= 4 is 11.9 Å². The van der Waals surface area contributed by atoms with E-state index in [2.05, 4.69) is 10.4 Å². The topological polar surface area (TPSA) is 84.2 Å². The molecule has 6 heteroatoms. The van der Waals surface area contributed by atoms with Gasteiger partial charge in [-0.1, -0.05) is 30.3 Å². The molecule has 0 aliphatic carbocycles. The van der Waals surface area contributed by atoms with Crippen LogP contribution in [-0.4, -0.2) is 33.3 Å². The molecular weight excluding hydrogens is 258 g/mol. The Labute approximate surface area is 116 Å². The van der Waals surface area contributed by atoms with Gasteiger partial charge in [0.1, 0.15) is 6.54 Å². The minimum atomic E-state index is -1.05. The number of benzene rings is 1. The highest BCUT2D eigenvalue weighted by Crippen LogP contribution is 1.99. The number of aromatic carboxylic acids is 1. The van der Waals surface area contributed by atoms with E-state index in [0.717, 1.165) is 12.0 Å². The fourth-order valence-electron chi connectivity index (χ4n) is 1.75. The summed E-state index contributed by atoms with van der Waals surface area (Å²) in [4.78, 5) is 22.3. The van der Waals surface area contributed by atoms with Crippen molar-refractivity contribution in [2.75, 3.05) is 6.54 Å². The molecule has 1 aromatic heterocycles. The van der Waals surface area contributed by atoms with Gasteiger partial charge in [0, 0.05) is 12.7 Å². The number of carbonyl (C=O) groups is 2. The van der Waals surface area contributed by atoms with E-state index in [4.69, 9.17) is 5.11 Å². The Kier molecular flexibility index (Phi) is 4.49. The van der Waals surface area contributed by atoms with Gasteiger partial charge in [-0.2, -0.15) is 5.10 Å². The number of nitrogens with one attached hydrogen (secondary N) is 1. The monoisotopic (exact) mass is 273 g/mol. The highest BCUT2D eigenvalue weighted by molar-refractivity contribution is 5.87. The van der Waals surface area contributed by atoms with Crippen molar-refractivity contribution in [2.24, 2.45) is 0 Å². The van der Waals surface area contributed by atoms with Crippen LogP contribution in [-0.2, 0) is 17.8 Å². The Bertz CT molecular complexity index is 593. The molecule has 0 aliphatic rings. The third kappa shape index (κ3) is 3.94. The Hall–Kier alpha value is -2.63. The second-order valence-electron chi connectivity index (χ2n) is 4.32. The van der Waals surface area contributed by atoms with E-state index >= 15 is 0 Å². The van der Waals surface area contributed by atoms with Gasteiger partial charge < -0.3 is 10.4 Å². The van der Waals surface area contributed by atoms with Crippen molar-refractivity contribution in [2.45, 2.75) is 13.0 Å². The van der Waals surface area contributed by atoms with E-state index in [1.54, 1.807) is 0 Å². The number of carboxylic acids is 1. The Morgan fingerprint density at radius 3 is 2.65 bits per heavy atom. The summed E-state index contributed by atoms with van der Waals surface area (Å²) in [6.45, 7) is 0.554. The lowest BCUT2D eigenvalue weighted by Gasteiger charge is -2.05. The highest BCUT2D eigenvalue weighted by Gasteiger charge is 2.08. The maximum Gasteiger partial charge on any atom is 0.338 e. The lowest BCUT2D eigenvalue weighted by Crippen LogP contribution is -2.29. The molecule has 1 heterocycles. The Morgan fingerprint density at radius 2 is 2.00 bits per heavy atom. The normalized spacial score (nSPS) is 10.2. The fourth-order valence-corrected chi connectivity index (χ4v) is 1.75. The SMILES string of the molecule is O=C(Cn1cc(C(=O)O)cn1)NCCc1ccccc1. The van der Waals surface area contributed by atoms with Crippen LogP contribution in [0, 0.1) is 0 Å². The van der Waals surface area contributed by atoms with E-state index in [-0.39, 0.29) is 18.0 Å². The van der Waals surface area contributed by atoms with Crippen LogP contribution in [0.2, 0.25) is 0 Å². The third-order valence-electron chi connectivity index (χ3n) is 2.76. The van der Waals surface area contributed by atoms with E-state index in [1.165, 1.54) is 17.1 Å². The lowest BCUT2D eigenvalue weighted by molar-refractivity contribution is -0.121. The van der Waals surface area contributed by atoms with Crippen LogP contribution in [0.4, 0.5) is 0 Å². The smallest absolute Gasteiger partial charge is 0.338 e. The number of carboxylic acid groups (broad SMARTS) is 1. The molecule has 0 radical (unpaired) electrons. The molecule has 0 fully saturated rings. The summed E-state index contributed by atoms with van der Waals surface area (Å²) in [5.41, 5.74) is 1.22. The molecule has 0 spiro atoms. The maximum atomic E-state index is 11.7. The van der Waals surface area contributed by atoms with E-state index < -0.39 is 5.97 Å². The molecule has 1 aromatic carbocycles. The molecule has 0 saturated heterocycles. The van der Waals surface area contributed by atoms with Crippen LogP contribution < -0.4 is 5.32 Å². The van der Waals surface area contributed by atoms with E-state index in [1.807, 2.05) is 30.3 Å². The Balaban J connectivity index is 1.76. The van der Waals surface area contributed by atoms with Gasteiger partial charge in [-0.05, 0) is 12.0 Å². The first-order valence-corrected chi connectivity index (χ1v) is 6.21. The highest BCUT2D eigenvalue weighted by atomic mass is 16.4. The number of hydrogen-bond acceptors (Lipinski definition) is 3. The van der Waals surface area contributed by atoms with Crippen molar-refractivity contribution in [3.05, 3.63) is 53.9 Å². The van der Waals surface area contributed by atoms with E-state index in [0.29, 0.717) is 6.54 Å². The summed E-state index contributed by atoms with van der Waals surface area (Å²) in [5.74, 6) is -1.25. The first-order valence-electron chi connectivity index (χ1n) is 6.21. The zero-order valence-corrected chi connectivity index (χ0v) is 10.8. The number of nitrogens with zero attached hydrogens (tertiary/aromatic N) is 2. The number of hydrogen-bond donors (Lipinski definition) is 2. The summed E-state index contributed by atoms with van der Waals surface area (Å²) in [6.07, 6.45) is 3.31. The number of rotatable bonds is 6. The first kappa shape index (κ1) is 13.8. The summed E-state index contributed by atoms with van der Waals surface area (Å²) in [7, 11) is 0. The zero-order valence-electron chi connectivity index (χ0n) is 10.8. The molecule has 2 N–H and O–H groups in total. The van der Waals surface area contributed by atoms with Gasteiger partial charge in [0.05, 0.1) is 11.8 Å². The van der Waals surface area contributed by atoms with Gasteiger partial charge in [-0.25, -0.2) is 4.79 Å². The average molecular weight is 273 g/mol. The fraction of sp³-hybridized carbons (Fsp3) is 0.214. The first-order chi connectivity index (χ1) is 9.65. The van der Waals surface area contributed by atoms with Crippen LogP contribution in [0.15, 0.2) is 42.7 Å². The summed E-state index contributed by atoms with van der Waals surface area (Å²) < 4.78 is 1.31. The number of amides is 1. The zero-order chi connectivity index (χ0) is 14.4. The largest absolute Gasteiger partial charge is 0.478 e. The molecule has 0 aliphatic heterocycles. The number of carbonyl (C=O) groups excluding carboxylic acids is 1. The molecular formula is C14H15N3O3. The lowest BCUT2D eigenvalue weighted by atomic mass is 10.1. The van der Waals surface area contributed by atoms with Gasteiger partial charge >= 0.3 is 5.97 Å². The summed E-state index contributed by atoms with van der Waals surface area (Å²) >= 11 is 0. The summed E-state index contributed by atoms with van der Waals surface area (Å²) in [5, 5.41) is 15.3. The van der Waals surface area contributed by atoms with Crippen LogP contribution in [0.1, 0.15) is 15.9 Å². The quantitative estimate of drug-likeness (QED) is 0.820. The molecule has 1 amide bonds. The average Bonchev–Trinajstić information content (AvgIpc) is 2.88. The van der Waals surface area contributed by atoms with Gasteiger partial charge in [0.25, 0.3) is 0 Å². The van der Waals surface area contributed by atoms with Gasteiger partial charge in [-0.3, -0.25) is 9.48 Å². The molecule has 2 rings (SSSR count). The van der Waals surface area contributed by atoms with Crippen LogP contribution >= 0.6 is 0 Å². The van der Waals surface area contributed by atoms with Crippen molar-refractivity contribution in [1.82, 2.24) is 15.1 Å². The molecule has 0 unspecified atom stereocenters. The van der Waals surface area contributed by atoms with Crippen LogP contribution in [0.3, 0.4) is 0 Å². The van der Waals surface area contributed by atoms with Crippen LogP contribution in [0.25, 0.3) is 0 Å².